The van der Waals surface area contributed by atoms with Crippen LogP contribution in [0.25, 0.3) is 5.69 Å². The molecule has 3 rings (SSSR count). The second-order valence-electron chi connectivity index (χ2n) is 5.09. The van der Waals surface area contributed by atoms with Crippen LogP contribution >= 0.6 is 11.8 Å². The summed E-state index contributed by atoms with van der Waals surface area (Å²) in [4.78, 5) is 0. The normalized spacial score (nSPS) is 17.8. The minimum Gasteiger partial charge on any atom is -0.497 e. The summed E-state index contributed by atoms with van der Waals surface area (Å²) in [6.45, 7) is 1.20. The van der Waals surface area contributed by atoms with Gasteiger partial charge in [-0.05, 0) is 25.0 Å². The first-order valence-corrected chi connectivity index (χ1v) is 8.33. The van der Waals surface area contributed by atoms with E-state index in [0.29, 0.717) is 12.6 Å². The Morgan fingerprint density at radius 1 is 1.45 bits per heavy atom. The topological polar surface area (TPSA) is 75.2 Å². The summed E-state index contributed by atoms with van der Waals surface area (Å²) >= 11 is 1.66. The summed E-state index contributed by atoms with van der Waals surface area (Å²) in [5.41, 5.74) is 6.76. The minimum absolute atomic E-state index is 0.307. The molecule has 2 heterocycles. The molecule has 0 unspecified atom stereocenters. The van der Waals surface area contributed by atoms with Crippen LogP contribution in [0.2, 0.25) is 0 Å². The summed E-state index contributed by atoms with van der Waals surface area (Å²) < 4.78 is 13.0. The van der Waals surface area contributed by atoms with Crippen LogP contribution in [0.5, 0.6) is 5.75 Å². The summed E-state index contributed by atoms with van der Waals surface area (Å²) in [7, 11) is 1.65. The molecule has 1 aromatic carbocycles. The minimum atomic E-state index is 0.307. The lowest BCUT2D eigenvalue weighted by molar-refractivity contribution is 0.129. The standard InChI is InChI=1S/C15H20N4O2S/c1-20-12-5-2-4-11(8-12)19-14(9-16)17-18-15(19)22-10-13-6-3-7-21-13/h2,4-5,8,13H,3,6-7,9-10,16H2,1H3/t13-/m1/s1. The summed E-state index contributed by atoms with van der Waals surface area (Å²) in [6, 6.07) is 7.82. The SMILES string of the molecule is COc1cccc(-n2c(CN)nnc2SC[C@H]2CCCO2)c1. The van der Waals surface area contributed by atoms with Crippen molar-refractivity contribution in [3.05, 3.63) is 30.1 Å². The van der Waals surface area contributed by atoms with Crippen molar-refractivity contribution < 1.29 is 9.47 Å². The maximum atomic E-state index is 5.80. The Kier molecular flexibility index (Phi) is 4.97. The molecule has 2 aromatic rings. The van der Waals surface area contributed by atoms with Crippen LogP contribution in [-0.2, 0) is 11.3 Å². The highest BCUT2D eigenvalue weighted by Gasteiger charge is 2.19. The van der Waals surface area contributed by atoms with Gasteiger partial charge in [-0.15, -0.1) is 10.2 Å². The van der Waals surface area contributed by atoms with Gasteiger partial charge in [0, 0.05) is 18.4 Å². The molecule has 0 amide bonds. The molecule has 1 atom stereocenters. The van der Waals surface area contributed by atoms with Gasteiger partial charge in [0.1, 0.15) is 5.75 Å². The van der Waals surface area contributed by atoms with Crippen LogP contribution in [0.3, 0.4) is 0 Å². The van der Waals surface area contributed by atoms with Gasteiger partial charge in [0.2, 0.25) is 0 Å². The smallest absolute Gasteiger partial charge is 0.195 e. The summed E-state index contributed by atoms with van der Waals surface area (Å²) in [5.74, 6) is 2.42. The highest BCUT2D eigenvalue weighted by Crippen LogP contribution is 2.27. The summed E-state index contributed by atoms with van der Waals surface area (Å²) in [6.07, 6.45) is 2.56. The first-order valence-electron chi connectivity index (χ1n) is 7.35. The van der Waals surface area contributed by atoms with Crippen molar-refractivity contribution in [1.82, 2.24) is 14.8 Å². The largest absolute Gasteiger partial charge is 0.497 e. The molecular formula is C15H20N4O2S. The number of benzene rings is 1. The fourth-order valence-electron chi connectivity index (χ4n) is 2.48. The van der Waals surface area contributed by atoms with Gasteiger partial charge in [-0.2, -0.15) is 0 Å². The highest BCUT2D eigenvalue weighted by atomic mass is 32.2. The molecule has 2 N–H and O–H groups in total. The van der Waals surface area contributed by atoms with E-state index in [1.165, 1.54) is 0 Å². The van der Waals surface area contributed by atoms with Crippen molar-refractivity contribution in [2.45, 2.75) is 30.6 Å². The fourth-order valence-corrected chi connectivity index (χ4v) is 3.51. The Bertz CT molecular complexity index is 626. The van der Waals surface area contributed by atoms with E-state index in [9.17, 15) is 0 Å². The molecule has 1 aromatic heterocycles. The van der Waals surface area contributed by atoms with Crippen LogP contribution in [-0.4, -0.2) is 40.3 Å². The van der Waals surface area contributed by atoms with E-state index < -0.39 is 0 Å². The van der Waals surface area contributed by atoms with Gasteiger partial charge in [0.15, 0.2) is 11.0 Å². The molecule has 0 bridgehead atoms. The van der Waals surface area contributed by atoms with Crippen LogP contribution in [0.15, 0.2) is 29.4 Å². The first-order chi connectivity index (χ1) is 10.8. The van der Waals surface area contributed by atoms with Gasteiger partial charge in [-0.3, -0.25) is 4.57 Å². The Morgan fingerprint density at radius 3 is 3.09 bits per heavy atom. The zero-order valence-electron chi connectivity index (χ0n) is 12.6. The predicted octanol–water partition coefficient (Wildman–Crippen LogP) is 2.01. The number of thioether (sulfide) groups is 1. The molecule has 1 aliphatic rings. The zero-order valence-corrected chi connectivity index (χ0v) is 13.4. The number of nitrogens with zero attached hydrogens (tertiary/aromatic N) is 3. The maximum absolute atomic E-state index is 5.80. The molecule has 7 heteroatoms. The molecule has 22 heavy (non-hydrogen) atoms. The van der Waals surface area contributed by atoms with Crippen molar-refractivity contribution >= 4 is 11.8 Å². The molecule has 1 fully saturated rings. The fraction of sp³-hybridized carbons (Fsp3) is 0.467. The van der Waals surface area contributed by atoms with Gasteiger partial charge < -0.3 is 15.2 Å². The van der Waals surface area contributed by atoms with Crippen molar-refractivity contribution in [2.75, 3.05) is 19.5 Å². The molecule has 6 nitrogen and oxygen atoms in total. The number of aromatic nitrogens is 3. The molecule has 0 radical (unpaired) electrons. The van der Waals surface area contributed by atoms with E-state index in [0.717, 1.165) is 47.6 Å². The van der Waals surface area contributed by atoms with Crippen LogP contribution in [0, 0.1) is 0 Å². The Morgan fingerprint density at radius 2 is 2.36 bits per heavy atom. The first kappa shape index (κ1) is 15.3. The van der Waals surface area contributed by atoms with Gasteiger partial charge in [-0.1, -0.05) is 17.8 Å². The van der Waals surface area contributed by atoms with E-state index in [4.69, 9.17) is 15.2 Å². The maximum Gasteiger partial charge on any atom is 0.195 e. The molecule has 118 valence electrons. The molecule has 0 spiro atoms. The Labute approximate surface area is 134 Å². The van der Waals surface area contributed by atoms with E-state index in [1.54, 1.807) is 18.9 Å². The van der Waals surface area contributed by atoms with E-state index in [1.807, 2.05) is 28.8 Å². The molecule has 1 saturated heterocycles. The van der Waals surface area contributed by atoms with Crippen molar-refractivity contribution in [2.24, 2.45) is 5.73 Å². The van der Waals surface area contributed by atoms with Crippen molar-refractivity contribution in [3.63, 3.8) is 0 Å². The number of hydrogen-bond donors (Lipinski definition) is 1. The lowest BCUT2D eigenvalue weighted by Gasteiger charge is -2.12. The van der Waals surface area contributed by atoms with Crippen molar-refractivity contribution in [1.29, 1.82) is 0 Å². The molecule has 0 saturated carbocycles. The average Bonchev–Trinajstić information content (AvgIpc) is 3.22. The van der Waals surface area contributed by atoms with Crippen LogP contribution < -0.4 is 10.5 Å². The lowest BCUT2D eigenvalue weighted by Crippen LogP contribution is -2.10. The lowest BCUT2D eigenvalue weighted by atomic mass is 10.3. The van der Waals surface area contributed by atoms with E-state index in [2.05, 4.69) is 10.2 Å². The third-order valence-electron chi connectivity index (χ3n) is 3.62. The number of ether oxygens (including phenoxy) is 2. The van der Waals surface area contributed by atoms with Crippen LogP contribution in [0.4, 0.5) is 0 Å². The monoisotopic (exact) mass is 320 g/mol. The van der Waals surface area contributed by atoms with Gasteiger partial charge >= 0.3 is 0 Å². The van der Waals surface area contributed by atoms with Gasteiger partial charge in [0.05, 0.1) is 25.4 Å². The summed E-state index contributed by atoms with van der Waals surface area (Å²) in [5, 5.41) is 9.31. The number of rotatable bonds is 6. The second-order valence-corrected chi connectivity index (χ2v) is 6.07. The predicted molar refractivity (Wildman–Crippen MR) is 85.5 cm³/mol. The van der Waals surface area contributed by atoms with Gasteiger partial charge in [0.25, 0.3) is 0 Å². The highest BCUT2D eigenvalue weighted by molar-refractivity contribution is 7.99. The third-order valence-corrected chi connectivity index (χ3v) is 4.68. The zero-order chi connectivity index (χ0) is 15.4. The molecular weight excluding hydrogens is 300 g/mol. The second kappa shape index (κ2) is 7.13. The Balaban J connectivity index is 1.85. The van der Waals surface area contributed by atoms with Gasteiger partial charge in [-0.25, -0.2) is 0 Å². The average molecular weight is 320 g/mol. The number of nitrogens with two attached hydrogens (primary N) is 1. The molecule has 1 aliphatic heterocycles. The van der Waals surface area contributed by atoms with E-state index >= 15 is 0 Å². The van der Waals surface area contributed by atoms with Crippen molar-refractivity contribution in [3.8, 4) is 11.4 Å². The third kappa shape index (κ3) is 3.26. The Hall–Kier alpha value is -1.57. The van der Waals surface area contributed by atoms with Crippen LogP contribution in [0.1, 0.15) is 18.7 Å². The molecule has 0 aliphatic carbocycles. The number of methoxy groups -OCH3 is 1. The number of hydrogen-bond acceptors (Lipinski definition) is 6. The van der Waals surface area contributed by atoms with E-state index in [-0.39, 0.29) is 0 Å². The quantitative estimate of drug-likeness (QED) is 0.821.